The molecule has 6 heteroatoms. The average molecular weight is 431 g/mol. The van der Waals surface area contributed by atoms with Crippen molar-refractivity contribution in [3.05, 3.63) is 90.0 Å². The Hall–Kier alpha value is -3.38. The Morgan fingerprint density at radius 1 is 0.903 bits per heavy atom. The predicted octanol–water partition coefficient (Wildman–Crippen LogP) is 4.45. The van der Waals surface area contributed by atoms with E-state index in [4.69, 9.17) is 0 Å². The molecule has 1 heterocycles. The number of likely N-dealkylation sites (N-methyl/N-ethyl adjacent to an activating group) is 1. The van der Waals surface area contributed by atoms with Crippen LogP contribution in [-0.2, 0) is 22.4 Å². The number of anilines is 1. The molecule has 1 aliphatic heterocycles. The zero-order valence-electron chi connectivity index (χ0n) is 17.1. The molecule has 1 fully saturated rings. The molecule has 0 aliphatic carbocycles. The third-order valence-electron chi connectivity index (χ3n) is 5.28. The SMILES string of the molecule is CN(C(=O)Cc1ccccc1)c1cccc(-c2ccc(CC3SC(=O)NC3=O)cc2)c1. The van der Waals surface area contributed by atoms with Crippen molar-refractivity contribution in [1.82, 2.24) is 5.32 Å². The first-order chi connectivity index (χ1) is 15.0. The Kier molecular flexibility index (Phi) is 6.18. The smallest absolute Gasteiger partial charge is 0.286 e. The Labute approximate surface area is 185 Å². The summed E-state index contributed by atoms with van der Waals surface area (Å²) < 4.78 is 0. The molecule has 1 unspecified atom stereocenters. The van der Waals surface area contributed by atoms with E-state index in [-0.39, 0.29) is 22.3 Å². The zero-order valence-corrected chi connectivity index (χ0v) is 17.9. The van der Waals surface area contributed by atoms with Gasteiger partial charge < -0.3 is 4.90 Å². The Morgan fingerprint density at radius 2 is 1.65 bits per heavy atom. The molecule has 156 valence electrons. The molecule has 3 amide bonds. The van der Waals surface area contributed by atoms with Gasteiger partial charge in [0.15, 0.2) is 0 Å². The molecular weight excluding hydrogens is 408 g/mol. The van der Waals surface area contributed by atoms with Crippen molar-refractivity contribution < 1.29 is 14.4 Å². The van der Waals surface area contributed by atoms with Crippen LogP contribution in [0.2, 0.25) is 0 Å². The van der Waals surface area contributed by atoms with E-state index in [1.807, 2.05) is 78.9 Å². The highest BCUT2D eigenvalue weighted by molar-refractivity contribution is 8.15. The van der Waals surface area contributed by atoms with Gasteiger partial charge in [0.05, 0.1) is 11.7 Å². The maximum absolute atomic E-state index is 12.7. The van der Waals surface area contributed by atoms with Crippen molar-refractivity contribution in [2.24, 2.45) is 0 Å². The standard InChI is InChI=1S/C25H22N2O3S/c1-27(23(28)15-17-6-3-2-4-7-17)21-9-5-8-20(16-21)19-12-10-18(11-13-19)14-22-24(29)26-25(30)31-22/h2-13,16,22H,14-15H2,1H3,(H,26,29,30). The van der Waals surface area contributed by atoms with Gasteiger partial charge in [-0.25, -0.2) is 0 Å². The number of imide groups is 1. The molecule has 0 bridgehead atoms. The lowest BCUT2D eigenvalue weighted by molar-refractivity contribution is -0.119. The molecule has 0 spiro atoms. The second-order valence-corrected chi connectivity index (χ2v) is 8.63. The fourth-order valence-corrected chi connectivity index (χ4v) is 4.36. The monoisotopic (exact) mass is 430 g/mol. The summed E-state index contributed by atoms with van der Waals surface area (Å²) in [6.07, 6.45) is 0.866. The van der Waals surface area contributed by atoms with E-state index in [1.165, 1.54) is 0 Å². The maximum Gasteiger partial charge on any atom is 0.286 e. The molecule has 1 N–H and O–H groups in total. The maximum atomic E-state index is 12.7. The molecule has 0 aromatic heterocycles. The first-order valence-corrected chi connectivity index (χ1v) is 10.9. The first kappa shape index (κ1) is 20.9. The normalized spacial score (nSPS) is 15.6. The number of hydrogen-bond acceptors (Lipinski definition) is 4. The third kappa shape index (κ3) is 5.03. The summed E-state index contributed by atoms with van der Waals surface area (Å²) in [6.45, 7) is 0. The summed E-state index contributed by atoms with van der Waals surface area (Å²) in [6, 6.07) is 25.5. The lowest BCUT2D eigenvalue weighted by Crippen LogP contribution is -2.27. The fourth-order valence-electron chi connectivity index (χ4n) is 3.50. The molecule has 1 saturated heterocycles. The molecule has 1 atom stereocenters. The van der Waals surface area contributed by atoms with Crippen LogP contribution >= 0.6 is 11.8 Å². The van der Waals surface area contributed by atoms with Crippen LogP contribution in [0.1, 0.15) is 11.1 Å². The Bertz CT molecular complexity index is 1110. The molecule has 3 aromatic carbocycles. The molecule has 31 heavy (non-hydrogen) atoms. The minimum absolute atomic E-state index is 0.0283. The van der Waals surface area contributed by atoms with E-state index in [0.29, 0.717) is 12.8 Å². The van der Waals surface area contributed by atoms with Gasteiger partial charge in [0.1, 0.15) is 0 Å². The van der Waals surface area contributed by atoms with Gasteiger partial charge >= 0.3 is 0 Å². The van der Waals surface area contributed by atoms with Gasteiger partial charge in [-0.1, -0.05) is 78.5 Å². The van der Waals surface area contributed by atoms with Crippen LogP contribution in [0.3, 0.4) is 0 Å². The van der Waals surface area contributed by atoms with Crippen LogP contribution in [0.15, 0.2) is 78.9 Å². The molecule has 3 aromatic rings. The predicted molar refractivity (Wildman–Crippen MR) is 124 cm³/mol. The first-order valence-electron chi connectivity index (χ1n) is 10.0. The summed E-state index contributed by atoms with van der Waals surface area (Å²) in [5, 5.41) is 1.67. The minimum Gasteiger partial charge on any atom is -0.315 e. The van der Waals surface area contributed by atoms with Gasteiger partial charge in [0.2, 0.25) is 11.8 Å². The average Bonchev–Trinajstić information content (AvgIpc) is 3.11. The number of amides is 3. The van der Waals surface area contributed by atoms with Crippen LogP contribution in [0.5, 0.6) is 0 Å². The summed E-state index contributed by atoms with van der Waals surface area (Å²) in [5.41, 5.74) is 4.85. The van der Waals surface area contributed by atoms with E-state index >= 15 is 0 Å². The van der Waals surface area contributed by atoms with Crippen LogP contribution in [0, 0.1) is 0 Å². The van der Waals surface area contributed by atoms with Crippen molar-refractivity contribution in [3.63, 3.8) is 0 Å². The molecule has 0 radical (unpaired) electrons. The van der Waals surface area contributed by atoms with Gasteiger partial charge in [-0.15, -0.1) is 0 Å². The molecule has 4 rings (SSSR count). The number of benzene rings is 3. The Morgan fingerprint density at radius 3 is 2.32 bits per heavy atom. The van der Waals surface area contributed by atoms with E-state index in [9.17, 15) is 14.4 Å². The number of carbonyl (C=O) groups excluding carboxylic acids is 3. The zero-order chi connectivity index (χ0) is 21.8. The highest BCUT2D eigenvalue weighted by Crippen LogP contribution is 2.27. The summed E-state index contributed by atoms with van der Waals surface area (Å²) in [7, 11) is 1.79. The summed E-state index contributed by atoms with van der Waals surface area (Å²) >= 11 is 1.04. The van der Waals surface area contributed by atoms with E-state index < -0.39 is 0 Å². The second kappa shape index (κ2) is 9.18. The van der Waals surface area contributed by atoms with Crippen molar-refractivity contribution in [3.8, 4) is 11.1 Å². The lowest BCUT2D eigenvalue weighted by atomic mass is 10.0. The van der Waals surface area contributed by atoms with E-state index in [2.05, 4.69) is 5.32 Å². The molecule has 5 nitrogen and oxygen atoms in total. The van der Waals surface area contributed by atoms with Gasteiger partial charge in [-0.3, -0.25) is 19.7 Å². The van der Waals surface area contributed by atoms with Crippen LogP contribution < -0.4 is 10.2 Å². The second-order valence-electron chi connectivity index (χ2n) is 7.45. The molecule has 0 saturated carbocycles. The van der Waals surface area contributed by atoms with Crippen LogP contribution in [0.4, 0.5) is 10.5 Å². The number of nitrogens with one attached hydrogen (secondary N) is 1. The van der Waals surface area contributed by atoms with Crippen molar-refractivity contribution in [2.45, 2.75) is 18.1 Å². The fraction of sp³-hybridized carbons (Fsp3) is 0.160. The quantitative estimate of drug-likeness (QED) is 0.627. The van der Waals surface area contributed by atoms with Crippen LogP contribution in [-0.4, -0.2) is 29.4 Å². The number of hydrogen-bond donors (Lipinski definition) is 1. The van der Waals surface area contributed by atoms with Gasteiger partial charge in [-0.2, -0.15) is 0 Å². The number of thioether (sulfide) groups is 1. The number of rotatable bonds is 6. The van der Waals surface area contributed by atoms with Gasteiger partial charge in [0.25, 0.3) is 5.24 Å². The number of carbonyl (C=O) groups is 3. The highest BCUT2D eigenvalue weighted by atomic mass is 32.2. The number of nitrogens with zero attached hydrogens (tertiary/aromatic N) is 1. The van der Waals surface area contributed by atoms with Crippen molar-refractivity contribution in [1.29, 1.82) is 0 Å². The summed E-state index contributed by atoms with van der Waals surface area (Å²) in [5.74, 6) is -0.199. The summed E-state index contributed by atoms with van der Waals surface area (Å²) in [4.78, 5) is 37.5. The Balaban J connectivity index is 1.45. The minimum atomic E-state index is -0.369. The largest absolute Gasteiger partial charge is 0.315 e. The molecule has 1 aliphatic rings. The molecular formula is C25H22N2O3S. The van der Waals surface area contributed by atoms with E-state index in [1.54, 1.807) is 11.9 Å². The van der Waals surface area contributed by atoms with Crippen molar-refractivity contribution >= 4 is 34.5 Å². The van der Waals surface area contributed by atoms with Gasteiger partial charge in [-0.05, 0) is 40.8 Å². The third-order valence-corrected chi connectivity index (χ3v) is 6.26. The van der Waals surface area contributed by atoms with Crippen LogP contribution in [0.25, 0.3) is 11.1 Å². The van der Waals surface area contributed by atoms with E-state index in [0.717, 1.165) is 39.7 Å². The lowest BCUT2D eigenvalue weighted by Gasteiger charge is -2.18. The van der Waals surface area contributed by atoms with Crippen molar-refractivity contribution in [2.75, 3.05) is 11.9 Å². The highest BCUT2D eigenvalue weighted by Gasteiger charge is 2.31. The topological polar surface area (TPSA) is 66.5 Å². The van der Waals surface area contributed by atoms with Gasteiger partial charge in [0, 0.05) is 12.7 Å².